The Morgan fingerprint density at radius 3 is 3.05 bits per heavy atom. The van der Waals surface area contributed by atoms with Crippen molar-refractivity contribution in [2.75, 3.05) is 7.11 Å². The Kier molecular flexibility index (Phi) is 6.21. The number of esters is 1. The number of carbonyl (C=O) groups is 1. The number of rotatable bonds is 6. The summed E-state index contributed by atoms with van der Waals surface area (Å²) >= 11 is 0. The molecule has 6 heteroatoms. The van der Waals surface area contributed by atoms with Gasteiger partial charge in [-0.15, -0.1) is 0 Å². The molecule has 0 unspecified atom stereocenters. The third-order valence-electron chi connectivity index (χ3n) is 2.34. The zero-order chi connectivity index (χ0) is 14.1. The molecule has 0 aliphatic rings. The van der Waals surface area contributed by atoms with Crippen LogP contribution in [0, 0.1) is 5.82 Å². The van der Waals surface area contributed by atoms with Gasteiger partial charge in [0.25, 0.3) is 0 Å². The summed E-state index contributed by atoms with van der Waals surface area (Å²) in [6.45, 7) is 0. The molecule has 0 atom stereocenters. The first-order chi connectivity index (χ1) is 9.17. The summed E-state index contributed by atoms with van der Waals surface area (Å²) in [5.74, 6) is -0.796. The first-order valence-electron chi connectivity index (χ1n) is 5.74. The fourth-order valence-corrected chi connectivity index (χ4v) is 1.38. The van der Waals surface area contributed by atoms with E-state index in [-0.39, 0.29) is 11.7 Å². The summed E-state index contributed by atoms with van der Waals surface area (Å²) in [7, 11) is 1.35. The maximum Gasteiger partial charge on any atom is 0.305 e. The highest BCUT2D eigenvalue weighted by molar-refractivity contribution is 5.77. The van der Waals surface area contributed by atoms with Gasteiger partial charge in [-0.1, -0.05) is 11.2 Å². The number of carbonyl (C=O) groups excluding carboxylic acids is 1. The maximum absolute atomic E-state index is 13.2. The van der Waals surface area contributed by atoms with Crippen LogP contribution in [0.3, 0.4) is 0 Å². The Morgan fingerprint density at radius 2 is 2.37 bits per heavy atom. The second-order valence-corrected chi connectivity index (χ2v) is 3.72. The van der Waals surface area contributed by atoms with Gasteiger partial charge in [-0.05, 0) is 31.1 Å². The standard InChI is InChI=1S/C13H15FN2O3/c1-19-13(17)6-4-2-3-5-10-7-8-11(14)12(16-10)9-15-18/h3,5,7-9,18H,2,4,6H2,1H3/b5-3+,15-9?. The SMILES string of the molecule is COC(=O)CCC/C=C/c1ccc(F)c(C=NO)n1. The molecule has 19 heavy (non-hydrogen) atoms. The third-order valence-corrected chi connectivity index (χ3v) is 2.34. The first-order valence-corrected chi connectivity index (χ1v) is 5.74. The lowest BCUT2D eigenvalue weighted by atomic mass is 10.2. The molecule has 5 nitrogen and oxygen atoms in total. The van der Waals surface area contributed by atoms with Crippen molar-refractivity contribution in [2.45, 2.75) is 19.3 Å². The number of allylic oxidation sites excluding steroid dienone is 1. The first kappa shape index (κ1) is 14.8. The van der Waals surface area contributed by atoms with Gasteiger partial charge in [0.1, 0.15) is 5.69 Å². The largest absolute Gasteiger partial charge is 0.469 e. The van der Waals surface area contributed by atoms with E-state index in [0.29, 0.717) is 25.0 Å². The number of methoxy groups -OCH3 is 1. The van der Waals surface area contributed by atoms with Crippen molar-refractivity contribution in [3.05, 3.63) is 35.4 Å². The molecule has 1 aromatic rings. The highest BCUT2D eigenvalue weighted by Gasteiger charge is 2.01. The third kappa shape index (κ3) is 5.29. The average molecular weight is 266 g/mol. The number of oxime groups is 1. The predicted octanol–water partition coefficient (Wildman–Crippen LogP) is 2.39. The van der Waals surface area contributed by atoms with Gasteiger partial charge >= 0.3 is 5.97 Å². The number of ether oxygens (including phenoxy) is 1. The Balaban J connectivity index is 2.52. The smallest absolute Gasteiger partial charge is 0.305 e. The van der Waals surface area contributed by atoms with Crippen LogP contribution in [0.1, 0.15) is 30.7 Å². The van der Waals surface area contributed by atoms with Crippen LogP contribution in [-0.4, -0.2) is 29.5 Å². The Morgan fingerprint density at radius 1 is 1.58 bits per heavy atom. The van der Waals surface area contributed by atoms with Gasteiger partial charge in [-0.2, -0.15) is 0 Å². The van der Waals surface area contributed by atoms with Crippen LogP contribution in [0.5, 0.6) is 0 Å². The van der Waals surface area contributed by atoms with E-state index in [9.17, 15) is 9.18 Å². The van der Waals surface area contributed by atoms with E-state index in [4.69, 9.17) is 5.21 Å². The summed E-state index contributed by atoms with van der Waals surface area (Å²) in [5, 5.41) is 11.1. The highest BCUT2D eigenvalue weighted by atomic mass is 19.1. The van der Waals surface area contributed by atoms with E-state index in [1.807, 2.05) is 6.08 Å². The summed E-state index contributed by atoms with van der Waals surface area (Å²) < 4.78 is 17.7. The topological polar surface area (TPSA) is 71.8 Å². The molecule has 0 aliphatic carbocycles. The maximum atomic E-state index is 13.2. The van der Waals surface area contributed by atoms with Gasteiger partial charge in [0, 0.05) is 6.42 Å². The monoisotopic (exact) mass is 266 g/mol. The van der Waals surface area contributed by atoms with Crippen LogP contribution >= 0.6 is 0 Å². The minimum atomic E-state index is -0.555. The van der Waals surface area contributed by atoms with Gasteiger partial charge in [0.15, 0.2) is 5.82 Å². The van der Waals surface area contributed by atoms with Crippen LogP contribution in [0.15, 0.2) is 23.4 Å². The fraction of sp³-hybridized carbons (Fsp3) is 0.308. The number of nitrogens with zero attached hydrogens (tertiary/aromatic N) is 2. The molecule has 0 saturated carbocycles. The molecule has 0 aliphatic heterocycles. The second-order valence-electron chi connectivity index (χ2n) is 3.72. The molecular formula is C13H15FN2O3. The molecule has 1 N–H and O–H groups in total. The summed E-state index contributed by atoms with van der Waals surface area (Å²) in [4.78, 5) is 14.8. The molecule has 0 radical (unpaired) electrons. The number of hydrogen-bond donors (Lipinski definition) is 1. The van der Waals surface area contributed by atoms with E-state index in [1.165, 1.54) is 19.2 Å². The molecule has 0 fully saturated rings. The Bertz CT molecular complexity index is 487. The van der Waals surface area contributed by atoms with E-state index >= 15 is 0 Å². The molecule has 1 aromatic heterocycles. The molecule has 0 bridgehead atoms. The predicted molar refractivity (Wildman–Crippen MR) is 68.5 cm³/mol. The number of pyridine rings is 1. The second kappa shape index (κ2) is 7.97. The number of aromatic nitrogens is 1. The molecule has 1 rings (SSSR count). The molecule has 0 spiro atoms. The average Bonchev–Trinajstić information content (AvgIpc) is 2.41. The van der Waals surface area contributed by atoms with E-state index < -0.39 is 5.82 Å². The minimum absolute atomic E-state index is 0.0285. The van der Waals surface area contributed by atoms with E-state index in [2.05, 4.69) is 14.9 Å². The van der Waals surface area contributed by atoms with Crippen molar-refractivity contribution in [3.8, 4) is 0 Å². The van der Waals surface area contributed by atoms with Crippen molar-refractivity contribution < 1.29 is 19.1 Å². The Hall–Kier alpha value is -2.24. The Labute approximate surface area is 110 Å². The van der Waals surface area contributed by atoms with Crippen molar-refractivity contribution in [2.24, 2.45) is 5.16 Å². The number of halogens is 1. The van der Waals surface area contributed by atoms with Crippen LogP contribution in [-0.2, 0) is 9.53 Å². The zero-order valence-corrected chi connectivity index (χ0v) is 10.5. The van der Waals surface area contributed by atoms with Crippen LogP contribution in [0.2, 0.25) is 0 Å². The highest BCUT2D eigenvalue weighted by Crippen LogP contribution is 2.07. The summed E-state index contributed by atoms with van der Waals surface area (Å²) in [6, 6.07) is 2.76. The van der Waals surface area contributed by atoms with Gasteiger partial charge in [-0.3, -0.25) is 4.79 Å². The lowest BCUT2D eigenvalue weighted by molar-refractivity contribution is -0.140. The molecular weight excluding hydrogens is 251 g/mol. The molecule has 0 aromatic carbocycles. The van der Waals surface area contributed by atoms with Crippen LogP contribution in [0.4, 0.5) is 4.39 Å². The van der Waals surface area contributed by atoms with Crippen molar-refractivity contribution in [1.82, 2.24) is 4.98 Å². The van der Waals surface area contributed by atoms with Gasteiger partial charge < -0.3 is 9.94 Å². The lowest BCUT2D eigenvalue weighted by Gasteiger charge is -1.98. The molecule has 1 heterocycles. The van der Waals surface area contributed by atoms with Crippen molar-refractivity contribution in [1.29, 1.82) is 0 Å². The normalized spacial score (nSPS) is 11.3. The summed E-state index contributed by atoms with van der Waals surface area (Å²) in [5.41, 5.74) is 0.522. The van der Waals surface area contributed by atoms with Gasteiger partial charge in [0.05, 0.1) is 19.0 Å². The lowest BCUT2D eigenvalue weighted by Crippen LogP contribution is -1.98. The van der Waals surface area contributed by atoms with Crippen molar-refractivity contribution in [3.63, 3.8) is 0 Å². The zero-order valence-electron chi connectivity index (χ0n) is 10.5. The van der Waals surface area contributed by atoms with Crippen molar-refractivity contribution >= 4 is 18.3 Å². The van der Waals surface area contributed by atoms with E-state index in [1.54, 1.807) is 6.08 Å². The van der Waals surface area contributed by atoms with Crippen LogP contribution in [0.25, 0.3) is 6.08 Å². The molecule has 0 saturated heterocycles. The van der Waals surface area contributed by atoms with Gasteiger partial charge in [0.2, 0.25) is 0 Å². The summed E-state index contributed by atoms with van der Waals surface area (Å²) in [6.07, 6.45) is 6.21. The fourth-order valence-electron chi connectivity index (χ4n) is 1.38. The number of hydrogen-bond acceptors (Lipinski definition) is 5. The minimum Gasteiger partial charge on any atom is -0.469 e. The van der Waals surface area contributed by atoms with Gasteiger partial charge in [-0.25, -0.2) is 9.37 Å². The number of unbranched alkanes of at least 4 members (excludes halogenated alkanes) is 1. The van der Waals surface area contributed by atoms with E-state index in [0.717, 1.165) is 6.21 Å². The molecule has 102 valence electrons. The van der Waals surface area contributed by atoms with Crippen LogP contribution < -0.4 is 0 Å². The molecule has 0 amide bonds. The quantitative estimate of drug-likeness (QED) is 0.282.